The van der Waals surface area contributed by atoms with Crippen LogP contribution < -0.4 is 5.32 Å². The fourth-order valence-corrected chi connectivity index (χ4v) is 3.12. The lowest BCUT2D eigenvalue weighted by Crippen LogP contribution is -2.59. The average molecular weight is 297 g/mol. The number of hydrogen-bond donors (Lipinski definition) is 1. The van der Waals surface area contributed by atoms with Crippen molar-refractivity contribution < 1.29 is 9.53 Å². The van der Waals surface area contributed by atoms with Crippen molar-refractivity contribution in [2.45, 2.75) is 39.2 Å². The van der Waals surface area contributed by atoms with E-state index in [1.54, 1.807) is 0 Å². The van der Waals surface area contributed by atoms with Crippen molar-refractivity contribution in [2.75, 3.05) is 52.4 Å². The molecule has 1 amide bonds. The molecule has 2 heterocycles. The molecule has 2 aliphatic rings. The molecule has 0 unspecified atom stereocenters. The second kappa shape index (κ2) is 7.56. The SMILES string of the molecule is CCN(CC)CC1CCN(C(=O)COC2(C)CNC2)CC1. The quantitative estimate of drug-likeness (QED) is 0.760. The number of amides is 1. The minimum atomic E-state index is -0.128. The van der Waals surface area contributed by atoms with Crippen LogP contribution >= 0.6 is 0 Å². The van der Waals surface area contributed by atoms with E-state index >= 15 is 0 Å². The monoisotopic (exact) mass is 297 g/mol. The van der Waals surface area contributed by atoms with Crippen molar-refractivity contribution in [2.24, 2.45) is 5.92 Å². The number of nitrogens with zero attached hydrogens (tertiary/aromatic N) is 2. The molecule has 21 heavy (non-hydrogen) atoms. The van der Waals surface area contributed by atoms with Crippen LogP contribution in [0.25, 0.3) is 0 Å². The molecule has 2 rings (SSSR count). The van der Waals surface area contributed by atoms with Crippen LogP contribution in [0.3, 0.4) is 0 Å². The number of hydrogen-bond acceptors (Lipinski definition) is 4. The van der Waals surface area contributed by atoms with Gasteiger partial charge in [0.25, 0.3) is 0 Å². The molecule has 5 heteroatoms. The Morgan fingerprint density at radius 3 is 2.38 bits per heavy atom. The number of nitrogens with one attached hydrogen (secondary N) is 1. The zero-order valence-electron chi connectivity index (χ0n) is 13.9. The first-order valence-corrected chi connectivity index (χ1v) is 8.41. The lowest BCUT2D eigenvalue weighted by molar-refractivity contribution is -0.147. The van der Waals surface area contributed by atoms with Crippen molar-refractivity contribution in [3.63, 3.8) is 0 Å². The summed E-state index contributed by atoms with van der Waals surface area (Å²) in [7, 11) is 0. The van der Waals surface area contributed by atoms with Crippen molar-refractivity contribution in [1.29, 1.82) is 0 Å². The zero-order valence-corrected chi connectivity index (χ0v) is 13.9. The van der Waals surface area contributed by atoms with E-state index in [0.29, 0.717) is 0 Å². The first kappa shape index (κ1) is 16.7. The van der Waals surface area contributed by atoms with Crippen LogP contribution in [0.2, 0.25) is 0 Å². The predicted octanol–water partition coefficient (Wildman–Crippen LogP) is 0.945. The number of carbonyl (C=O) groups is 1. The van der Waals surface area contributed by atoms with Gasteiger partial charge >= 0.3 is 0 Å². The Kier molecular flexibility index (Phi) is 6.02. The molecular formula is C16H31N3O2. The summed E-state index contributed by atoms with van der Waals surface area (Å²) in [5.74, 6) is 0.896. The van der Waals surface area contributed by atoms with Gasteiger partial charge in [0.15, 0.2) is 0 Å². The molecule has 0 spiro atoms. The zero-order chi connectivity index (χ0) is 15.3. The summed E-state index contributed by atoms with van der Waals surface area (Å²) in [6.07, 6.45) is 2.25. The summed E-state index contributed by atoms with van der Waals surface area (Å²) in [4.78, 5) is 16.7. The molecule has 0 aromatic carbocycles. The van der Waals surface area contributed by atoms with Crippen LogP contribution in [-0.2, 0) is 9.53 Å². The smallest absolute Gasteiger partial charge is 0.248 e. The van der Waals surface area contributed by atoms with Gasteiger partial charge in [-0.1, -0.05) is 13.8 Å². The van der Waals surface area contributed by atoms with Gasteiger partial charge in [-0.2, -0.15) is 0 Å². The van der Waals surface area contributed by atoms with Gasteiger partial charge in [-0.3, -0.25) is 4.79 Å². The first-order valence-electron chi connectivity index (χ1n) is 8.41. The number of ether oxygens (including phenoxy) is 1. The number of likely N-dealkylation sites (tertiary alicyclic amines) is 1. The van der Waals surface area contributed by atoms with Crippen molar-refractivity contribution in [3.05, 3.63) is 0 Å². The Balaban J connectivity index is 1.66. The van der Waals surface area contributed by atoms with Crippen LogP contribution in [0.1, 0.15) is 33.6 Å². The van der Waals surface area contributed by atoms with Gasteiger partial charge in [0.1, 0.15) is 6.61 Å². The van der Waals surface area contributed by atoms with Crippen LogP contribution in [0.5, 0.6) is 0 Å². The molecule has 0 radical (unpaired) electrons. The molecule has 0 aromatic rings. The van der Waals surface area contributed by atoms with E-state index in [1.807, 2.05) is 4.90 Å². The Morgan fingerprint density at radius 1 is 1.29 bits per heavy atom. The van der Waals surface area contributed by atoms with Gasteiger partial charge in [0, 0.05) is 32.7 Å². The minimum absolute atomic E-state index is 0.128. The standard InChI is InChI=1S/C16H31N3O2/c1-4-18(5-2)10-14-6-8-19(9-7-14)15(20)11-21-16(3)12-17-13-16/h14,17H,4-13H2,1-3H3. The maximum atomic E-state index is 12.2. The molecule has 2 fully saturated rings. The summed E-state index contributed by atoms with van der Waals surface area (Å²) in [6, 6.07) is 0. The molecule has 0 aliphatic carbocycles. The molecule has 0 atom stereocenters. The molecule has 122 valence electrons. The van der Waals surface area contributed by atoms with Gasteiger partial charge in [0.05, 0.1) is 5.60 Å². The normalized spacial score (nSPS) is 22.4. The fraction of sp³-hybridized carbons (Fsp3) is 0.938. The molecular weight excluding hydrogens is 266 g/mol. The highest BCUT2D eigenvalue weighted by Gasteiger charge is 2.34. The molecule has 0 bridgehead atoms. The maximum Gasteiger partial charge on any atom is 0.248 e. The van der Waals surface area contributed by atoms with E-state index in [2.05, 4.69) is 31.0 Å². The summed E-state index contributed by atoms with van der Waals surface area (Å²) >= 11 is 0. The van der Waals surface area contributed by atoms with Crippen LogP contribution in [-0.4, -0.2) is 73.7 Å². The second-order valence-electron chi connectivity index (χ2n) is 6.65. The fourth-order valence-electron chi connectivity index (χ4n) is 3.12. The Bertz CT molecular complexity index is 332. The van der Waals surface area contributed by atoms with E-state index in [1.165, 1.54) is 6.54 Å². The molecule has 0 aromatic heterocycles. The van der Waals surface area contributed by atoms with E-state index in [0.717, 1.165) is 58.0 Å². The highest BCUT2D eigenvalue weighted by atomic mass is 16.5. The highest BCUT2D eigenvalue weighted by molar-refractivity contribution is 5.77. The lowest BCUT2D eigenvalue weighted by atomic mass is 9.96. The van der Waals surface area contributed by atoms with Crippen LogP contribution in [0, 0.1) is 5.92 Å². The van der Waals surface area contributed by atoms with Gasteiger partial charge < -0.3 is 19.9 Å². The molecule has 1 N–H and O–H groups in total. The van der Waals surface area contributed by atoms with Crippen molar-refractivity contribution in [3.8, 4) is 0 Å². The highest BCUT2D eigenvalue weighted by Crippen LogP contribution is 2.20. The van der Waals surface area contributed by atoms with E-state index in [9.17, 15) is 4.79 Å². The summed E-state index contributed by atoms with van der Waals surface area (Å²) in [6.45, 7) is 13.6. The van der Waals surface area contributed by atoms with Gasteiger partial charge in [-0.15, -0.1) is 0 Å². The first-order chi connectivity index (χ1) is 10.1. The third kappa shape index (κ3) is 4.66. The second-order valence-corrected chi connectivity index (χ2v) is 6.65. The summed E-state index contributed by atoms with van der Waals surface area (Å²) in [5, 5.41) is 3.19. The van der Waals surface area contributed by atoms with Gasteiger partial charge in [0.2, 0.25) is 5.91 Å². The maximum absolute atomic E-state index is 12.2. The van der Waals surface area contributed by atoms with Crippen LogP contribution in [0.15, 0.2) is 0 Å². The summed E-state index contributed by atoms with van der Waals surface area (Å²) in [5.41, 5.74) is -0.128. The molecule has 0 saturated carbocycles. The van der Waals surface area contributed by atoms with Gasteiger partial charge in [-0.05, 0) is 38.8 Å². The minimum Gasteiger partial charge on any atom is -0.363 e. The Morgan fingerprint density at radius 2 is 1.90 bits per heavy atom. The molecule has 2 saturated heterocycles. The number of carbonyl (C=O) groups excluding carboxylic acids is 1. The Labute approximate surface area is 129 Å². The van der Waals surface area contributed by atoms with Crippen LogP contribution in [0.4, 0.5) is 0 Å². The van der Waals surface area contributed by atoms with Crippen molar-refractivity contribution in [1.82, 2.24) is 15.1 Å². The molecule has 2 aliphatic heterocycles. The van der Waals surface area contributed by atoms with E-state index < -0.39 is 0 Å². The lowest BCUT2D eigenvalue weighted by Gasteiger charge is -2.40. The van der Waals surface area contributed by atoms with E-state index in [-0.39, 0.29) is 18.1 Å². The van der Waals surface area contributed by atoms with E-state index in [4.69, 9.17) is 4.74 Å². The summed E-state index contributed by atoms with van der Waals surface area (Å²) < 4.78 is 5.74. The Hall–Kier alpha value is -0.650. The molecule has 5 nitrogen and oxygen atoms in total. The van der Waals surface area contributed by atoms with Crippen molar-refractivity contribution >= 4 is 5.91 Å². The third-order valence-electron chi connectivity index (χ3n) is 4.92. The largest absolute Gasteiger partial charge is 0.363 e. The predicted molar refractivity (Wildman–Crippen MR) is 84.3 cm³/mol. The van der Waals surface area contributed by atoms with Gasteiger partial charge in [-0.25, -0.2) is 0 Å². The third-order valence-corrected chi connectivity index (χ3v) is 4.92. The average Bonchev–Trinajstić information content (AvgIpc) is 2.49. The number of piperidine rings is 1. The number of rotatable bonds is 7. The topological polar surface area (TPSA) is 44.8 Å².